The van der Waals surface area contributed by atoms with Crippen molar-refractivity contribution < 1.29 is 0 Å². The Balaban J connectivity index is 2.43. The lowest BCUT2D eigenvalue weighted by molar-refractivity contribution is 0.578. The lowest BCUT2D eigenvalue weighted by Crippen LogP contribution is -2.22. The highest BCUT2D eigenvalue weighted by atomic mass is 32.1. The van der Waals surface area contributed by atoms with E-state index in [1.165, 1.54) is 6.42 Å². The van der Waals surface area contributed by atoms with Gasteiger partial charge in [-0.1, -0.05) is 27.7 Å². The molecular weight excluding hydrogens is 230 g/mol. The van der Waals surface area contributed by atoms with Crippen LogP contribution in [-0.4, -0.2) is 24.6 Å². The Morgan fingerprint density at radius 3 is 2.65 bits per heavy atom. The largest absolute Gasteiger partial charge is 0.351 e. The summed E-state index contributed by atoms with van der Waals surface area (Å²) >= 11 is 1.74. The van der Waals surface area contributed by atoms with Gasteiger partial charge in [-0.3, -0.25) is 0 Å². The zero-order valence-electron chi connectivity index (χ0n) is 11.7. The number of hydrogen-bond acceptors (Lipinski definition) is 4. The summed E-state index contributed by atoms with van der Waals surface area (Å²) in [6, 6.07) is 0.513. The maximum absolute atomic E-state index is 4.64. The van der Waals surface area contributed by atoms with Crippen LogP contribution in [0.5, 0.6) is 0 Å². The summed E-state index contributed by atoms with van der Waals surface area (Å²) in [6.07, 6.45) is 1.22. The maximum atomic E-state index is 4.64. The summed E-state index contributed by atoms with van der Waals surface area (Å²) < 4.78 is 0. The first-order valence-corrected chi connectivity index (χ1v) is 7.26. The van der Waals surface area contributed by atoms with Crippen molar-refractivity contribution in [2.75, 3.05) is 18.5 Å². The molecule has 0 saturated heterocycles. The minimum atomic E-state index is 0.513. The minimum absolute atomic E-state index is 0.513. The molecule has 1 aromatic heterocycles. The molecule has 17 heavy (non-hydrogen) atoms. The molecule has 98 valence electrons. The normalized spacial score (nSPS) is 11.5. The van der Waals surface area contributed by atoms with E-state index in [0.717, 1.165) is 29.8 Å². The van der Waals surface area contributed by atoms with E-state index in [1.807, 2.05) is 0 Å². The van der Waals surface area contributed by atoms with E-state index in [0.29, 0.717) is 6.04 Å². The molecule has 0 radical (unpaired) electrons. The molecule has 1 N–H and O–H groups in total. The van der Waals surface area contributed by atoms with Crippen molar-refractivity contribution in [3.05, 3.63) is 11.1 Å². The molecule has 0 saturated carbocycles. The van der Waals surface area contributed by atoms with Gasteiger partial charge in [0.2, 0.25) is 0 Å². The second-order valence-corrected chi connectivity index (χ2v) is 6.10. The van der Waals surface area contributed by atoms with Gasteiger partial charge < -0.3 is 10.2 Å². The molecule has 1 rings (SSSR count). The average Bonchev–Trinajstić information content (AvgIpc) is 2.71. The molecule has 0 aliphatic rings. The van der Waals surface area contributed by atoms with Crippen LogP contribution in [0.3, 0.4) is 0 Å². The molecule has 0 spiro atoms. The first kappa shape index (κ1) is 14.5. The number of thiazole rings is 1. The lowest BCUT2D eigenvalue weighted by Gasteiger charge is -2.16. The van der Waals surface area contributed by atoms with Crippen LogP contribution < -0.4 is 10.2 Å². The Morgan fingerprint density at radius 2 is 2.06 bits per heavy atom. The predicted molar refractivity (Wildman–Crippen MR) is 76.8 cm³/mol. The molecule has 4 heteroatoms. The van der Waals surface area contributed by atoms with Gasteiger partial charge in [-0.15, -0.1) is 11.3 Å². The lowest BCUT2D eigenvalue weighted by atomic mass is 10.1. The third-order valence-electron chi connectivity index (χ3n) is 2.60. The van der Waals surface area contributed by atoms with Crippen molar-refractivity contribution in [3.63, 3.8) is 0 Å². The van der Waals surface area contributed by atoms with E-state index < -0.39 is 0 Å². The second kappa shape index (κ2) is 6.97. The summed E-state index contributed by atoms with van der Waals surface area (Å²) in [7, 11) is 2.13. The number of nitrogens with zero attached hydrogens (tertiary/aromatic N) is 2. The first-order chi connectivity index (χ1) is 7.99. The van der Waals surface area contributed by atoms with Crippen LogP contribution >= 0.6 is 11.3 Å². The van der Waals surface area contributed by atoms with Crippen LogP contribution in [0.4, 0.5) is 5.13 Å². The molecule has 0 unspecified atom stereocenters. The summed E-state index contributed by atoms with van der Waals surface area (Å²) in [5.41, 5.74) is 1.15. The van der Waals surface area contributed by atoms with Crippen LogP contribution in [0.25, 0.3) is 0 Å². The van der Waals surface area contributed by atoms with Crippen LogP contribution in [0.1, 0.15) is 39.8 Å². The Bertz CT molecular complexity index is 320. The van der Waals surface area contributed by atoms with Gasteiger partial charge in [-0.2, -0.15) is 0 Å². The fraction of sp³-hybridized carbons (Fsp3) is 0.769. The molecule has 0 aliphatic heterocycles. The maximum Gasteiger partial charge on any atom is 0.185 e. The van der Waals surface area contributed by atoms with Gasteiger partial charge in [0.25, 0.3) is 0 Å². The zero-order valence-corrected chi connectivity index (χ0v) is 12.5. The van der Waals surface area contributed by atoms with Crippen molar-refractivity contribution in [1.82, 2.24) is 10.3 Å². The molecule has 0 fully saturated rings. The molecule has 1 heterocycles. The Kier molecular flexibility index (Phi) is 5.92. The predicted octanol–water partition coefficient (Wildman–Crippen LogP) is 3.12. The third kappa shape index (κ3) is 5.50. The van der Waals surface area contributed by atoms with Crippen LogP contribution in [0, 0.1) is 5.92 Å². The van der Waals surface area contributed by atoms with Crippen molar-refractivity contribution >= 4 is 16.5 Å². The van der Waals surface area contributed by atoms with Crippen molar-refractivity contribution in [1.29, 1.82) is 0 Å². The zero-order chi connectivity index (χ0) is 12.8. The summed E-state index contributed by atoms with van der Waals surface area (Å²) in [4.78, 5) is 6.90. The molecular formula is C13H25N3S. The van der Waals surface area contributed by atoms with Gasteiger partial charge in [0.05, 0.1) is 5.69 Å². The molecule has 0 amide bonds. The summed E-state index contributed by atoms with van der Waals surface area (Å²) in [5, 5.41) is 6.67. The number of aromatic nitrogens is 1. The van der Waals surface area contributed by atoms with Crippen LogP contribution in [0.2, 0.25) is 0 Å². The number of anilines is 1. The SMILES string of the molecule is CC(C)CCN(C)c1nc(CNC(C)C)cs1. The fourth-order valence-corrected chi connectivity index (χ4v) is 2.23. The second-order valence-electron chi connectivity index (χ2n) is 5.26. The van der Waals surface area contributed by atoms with Gasteiger partial charge >= 0.3 is 0 Å². The standard InChI is InChI=1S/C13H25N3S/c1-10(2)6-7-16(5)13-15-12(9-17-13)8-14-11(3)4/h9-11,14H,6-8H2,1-5H3. The van der Waals surface area contributed by atoms with Gasteiger partial charge in [-0.25, -0.2) is 4.98 Å². The van der Waals surface area contributed by atoms with E-state index in [9.17, 15) is 0 Å². The number of rotatable bonds is 7. The number of nitrogens with one attached hydrogen (secondary N) is 1. The van der Waals surface area contributed by atoms with Crippen molar-refractivity contribution in [3.8, 4) is 0 Å². The molecule has 0 bridgehead atoms. The van der Waals surface area contributed by atoms with E-state index in [4.69, 9.17) is 0 Å². The fourth-order valence-electron chi connectivity index (χ4n) is 1.41. The van der Waals surface area contributed by atoms with Gasteiger partial charge in [0.15, 0.2) is 5.13 Å². The van der Waals surface area contributed by atoms with E-state index in [-0.39, 0.29) is 0 Å². The van der Waals surface area contributed by atoms with E-state index >= 15 is 0 Å². The quantitative estimate of drug-likeness (QED) is 0.811. The first-order valence-electron chi connectivity index (χ1n) is 6.38. The Morgan fingerprint density at radius 1 is 1.35 bits per heavy atom. The van der Waals surface area contributed by atoms with E-state index in [2.05, 4.69) is 55.3 Å². The molecule has 1 aromatic rings. The van der Waals surface area contributed by atoms with Gasteiger partial charge in [0.1, 0.15) is 0 Å². The van der Waals surface area contributed by atoms with Crippen molar-refractivity contribution in [2.24, 2.45) is 5.92 Å². The summed E-state index contributed by atoms with van der Waals surface area (Å²) in [5.74, 6) is 0.750. The third-order valence-corrected chi connectivity index (χ3v) is 3.60. The van der Waals surface area contributed by atoms with E-state index in [1.54, 1.807) is 11.3 Å². The average molecular weight is 255 g/mol. The highest BCUT2D eigenvalue weighted by molar-refractivity contribution is 7.13. The van der Waals surface area contributed by atoms with Crippen LogP contribution in [0.15, 0.2) is 5.38 Å². The molecule has 0 aliphatic carbocycles. The molecule has 0 atom stereocenters. The molecule has 0 aromatic carbocycles. The topological polar surface area (TPSA) is 28.2 Å². The Labute approximate surface area is 109 Å². The molecule has 3 nitrogen and oxygen atoms in total. The summed E-state index contributed by atoms with van der Waals surface area (Å²) in [6.45, 7) is 10.8. The number of hydrogen-bond donors (Lipinski definition) is 1. The smallest absolute Gasteiger partial charge is 0.185 e. The monoisotopic (exact) mass is 255 g/mol. The Hall–Kier alpha value is -0.610. The highest BCUT2D eigenvalue weighted by Gasteiger charge is 2.07. The van der Waals surface area contributed by atoms with Gasteiger partial charge in [0, 0.05) is 31.6 Å². The minimum Gasteiger partial charge on any atom is -0.351 e. The van der Waals surface area contributed by atoms with Crippen molar-refractivity contribution in [2.45, 2.75) is 46.7 Å². The van der Waals surface area contributed by atoms with Gasteiger partial charge in [-0.05, 0) is 12.3 Å². The highest BCUT2D eigenvalue weighted by Crippen LogP contribution is 2.20. The van der Waals surface area contributed by atoms with Crippen LogP contribution in [-0.2, 0) is 6.54 Å².